The molecule has 0 aromatic carbocycles. The van der Waals surface area contributed by atoms with Gasteiger partial charge in [0, 0.05) is 6.61 Å². The topological polar surface area (TPSA) is 83.8 Å². The number of aliphatic carboxylic acids is 1. The van der Waals surface area contributed by atoms with Crippen LogP contribution in [0.2, 0.25) is 0 Å². The highest BCUT2D eigenvalue weighted by Crippen LogP contribution is 2.32. The Bertz CT molecular complexity index is 251. The number of carboxylic acid groups (broad SMARTS) is 1. The van der Waals surface area contributed by atoms with Crippen molar-refractivity contribution in [2.75, 3.05) is 13.2 Å². The van der Waals surface area contributed by atoms with Gasteiger partial charge in [-0.2, -0.15) is 0 Å². The van der Waals surface area contributed by atoms with E-state index in [2.05, 4.69) is 0 Å². The van der Waals surface area contributed by atoms with E-state index in [0.717, 1.165) is 0 Å². The van der Waals surface area contributed by atoms with E-state index < -0.39 is 17.4 Å². The highest BCUT2D eigenvalue weighted by molar-refractivity contribution is 5.99. The zero-order valence-electron chi connectivity index (χ0n) is 10.0. The van der Waals surface area contributed by atoms with Crippen LogP contribution >= 0.6 is 0 Å². The summed E-state index contributed by atoms with van der Waals surface area (Å²) >= 11 is 0. The Morgan fingerprint density at radius 2 is 1.94 bits per heavy atom. The monoisotopic (exact) mass is 232 g/mol. The molecule has 0 saturated heterocycles. The Labute approximate surface area is 95.4 Å². The second-order valence-electron chi connectivity index (χ2n) is 3.95. The van der Waals surface area contributed by atoms with Gasteiger partial charge in [0.05, 0.1) is 6.61 Å². The molecule has 0 aromatic rings. The zero-order valence-corrected chi connectivity index (χ0v) is 10.0. The summed E-state index contributed by atoms with van der Waals surface area (Å²) in [5.74, 6) is -2.15. The largest absolute Gasteiger partial charge is 0.480 e. The van der Waals surface area contributed by atoms with Crippen molar-refractivity contribution in [3.05, 3.63) is 0 Å². The molecule has 0 aromatic heterocycles. The van der Waals surface area contributed by atoms with E-state index in [1.54, 1.807) is 20.8 Å². The average molecular weight is 232 g/mol. The molecule has 2 unspecified atom stereocenters. The van der Waals surface area contributed by atoms with E-state index in [1.165, 1.54) is 0 Å². The average Bonchev–Trinajstić information content (AvgIpc) is 2.25. The second kappa shape index (κ2) is 6.48. The number of ether oxygens (including phenoxy) is 1. The van der Waals surface area contributed by atoms with Crippen LogP contribution < -0.4 is 0 Å². The van der Waals surface area contributed by atoms with Crippen molar-refractivity contribution in [2.45, 2.75) is 33.6 Å². The van der Waals surface area contributed by atoms with Crippen molar-refractivity contribution >= 4 is 11.9 Å². The highest BCUT2D eigenvalue weighted by Gasteiger charge is 2.46. The molecule has 2 atom stereocenters. The summed E-state index contributed by atoms with van der Waals surface area (Å²) in [7, 11) is 0. The van der Waals surface area contributed by atoms with Crippen molar-refractivity contribution in [1.82, 2.24) is 0 Å². The summed E-state index contributed by atoms with van der Waals surface area (Å²) in [6.07, 6.45) is 0.250. The minimum Gasteiger partial charge on any atom is -0.480 e. The molecule has 16 heavy (non-hydrogen) atoms. The Morgan fingerprint density at radius 3 is 2.25 bits per heavy atom. The molecular formula is C11H20O5. The van der Waals surface area contributed by atoms with Crippen LogP contribution in [0, 0.1) is 11.3 Å². The van der Waals surface area contributed by atoms with Crippen LogP contribution in [0.25, 0.3) is 0 Å². The van der Waals surface area contributed by atoms with Gasteiger partial charge in [0.15, 0.2) is 5.41 Å². The standard InChI is InChI=1S/C11H20O5/c1-4-11(9(13)14,6-8(3)7-12)10(15)16-5-2/h8,12H,4-7H2,1-3H3,(H,13,14). The van der Waals surface area contributed by atoms with Gasteiger partial charge >= 0.3 is 11.9 Å². The van der Waals surface area contributed by atoms with Crippen LogP contribution in [0.1, 0.15) is 33.6 Å². The molecule has 0 aliphatic heterocycles. The Hall–Kier alpha value is -1.10. The molecule has 0 radical (unpaired) electrons. The van der Waals surface area contributed by atoms with E-state index in [9.17, 15) is 14.7 Å². The maximum Gasteiger partial charge on any atom is 0.323 e. The molecule has 0 saturated carbocycles. The fourth-order valence-electron chi connectivity index (χ4n) is 1.63. The number of esters is 1. The van der Waals surface area contributed by atoms with Crippen LogP contribution in [-0.2, 0) is 14.3 Å². The number of carbonyl (C=O) groups is 2. The lowest BCUT2D eigenvalue weighted by molar-refractivity contribution is -0.170. The highest BCUT2D eigenvalue weighted by atomic mass is 16.5. The predicted molar refractivity (Wildman–Crippen MR) is 57.9 cm³/mol. The van der Waals surface area contributed by atoms with E-state index in [1.807, 2.05) is 0 Å². The zero-order chi connectivity index (χ0) is 12.8. The number of hydrogen-bond acceptors (Lipinski definition) is 4. The molecule has 5 nitrogen and oxygen atoms in total. The number of aliphatic hydroxyl groups excluding tert-OH is 1. The smallest absolute Gasteiger partial charge is 0.323 e. The first-order chi connectivity index (χ1) is 7.44. The first-order valence-corrected chi connectivity index (χ1v) is 5.46. The number of carboxylic acids is 1. The van der Waals surface area contributed by atoms with Gasteiger partial charge in [0.1, 0.15) is 0 Å². The van der Waals surface area contributed by atoms with Gasteiger partial charge in [0.25, 0.3) is 0 Å². The van der Waals surface area contributed by atoms with E-state index in [0.29, 0.717) is 0 Å². The molecule has 0 aliphatic carbocycles. The first kappa shape index (κ1) is 14.9. The van der Waals surface area contributed by atoms with E-state index >= 15 is 0 Å². The number of hydrogen-bond donors (Lipinski definition) is 2. The van der Waals surface area contributed by atoms with Gasteiger partial charge < -0.3 is 14.9 Å². The third-order valence-electron chi connectivity index (χ3n) is 2.69. The lowest BCUT2D eigenvalue weighted by Crippen LogP contribution is -2.42. The van der Waals surface area contributed by atoms with Crippen LogP contribution in [-0.4, -0.2) is 35.4 Å². The first-order valence-electron chi connectivity index (χ1n) is 5.46. The Balaban J connectivity index is 4.99. The molecular weight excluding hydrogens is 212 g/mol. The molecule has 0 heterocycles. The van der Waals surface area contributed by atoms with E-state index in [-0.39, 0.29) is 32.0 Å². The lowest BCUT2D eigenvalue weighted by atomic mass is 9.77. The predicted octanol–water partition coefficient (Wildman–Crippen LogP) is 1.05. The molecule has 5 heteroatoms. The van der Waals surface area contributed by atoms with Crippen molar-refractivity contribution in [3.8, 4) is 0 Å². The fraction of sp³-hybridized carbons (Fsp3) is 0.818. The van der Waals surface area contributed by atoms with Gasteiger partial charge in [-0.05, 0) is 25.7 Å². The third-order valence-corrected chi connectivity index (χ3v) is 2.69. The summed E-state index contributed by atoms with van der Waals surface area (Å²) < 4.78 is 4.80. The third kappa shape index (κ3) is 3.20. The lowest BCUT2D eigenvalue weighted by Gasteiger charge is -2.27. The minimum atomic E-state index is -1.53. The van der Waals surface area contributed by atoms with Crippen LogP contribution in [0.5, 0.6) is 0 Å². The van der Waals surface area contributed by atoms with Crippen LogP contribution in [0.15, 0.2) is 0 Å². The second-order valence-corrected chi connectivity index (χ2v) is 3.95. The van der Waals surface area contributed by atoms with Crippen molar-refractivity contribution < 1.29 is 24.5 Å². The quantitative estimate of drug-likeness (QED) is 0.506. The van der Waals surface area contributed by atoms with Crippen LogP contribution in [0.3, 0.4) is 0 Å². The molecule has 2 N–H and O–H groups in total. The molecule has 0 amide bonds. The molecule has 0 spiro atoms. The van der Waals surface area contributed by atoms with Gasteiger partial charge in [-0.25, -0.2) is 0 Å². The van der Waals surface area contributed by atoms with Gasteiger partial charge in [-0.3, -0.25) is 9.59 Å². The maximum atomic E-state index is 11.7. The number of rotatable bonds is 7. The Morgan fingerprint density at radius 1 is 1.38 bits per heavy atom. The summed E-state index contributed by atoms with van der Waals surface area (Å²) in [5.41, 5.74) is -1.53. The molecule has 0 rings (SSSR count). The SMILES string of the molecule is CCOC(=O)C(CC)(CC(C)CO)C(=O)O. The van der Waals surface area contributed by atoms with Crippen molar-refractivity contribution in [1.29, 1.82) is 0 Å². The van der Waals surface area contributed by atoms with Crippen molar-refractivity contribution in [3.63, 3.8) is 0 Å². The normalized spacial score (nSPS) is 16.2. The molecule has 0 fully saturated rings. The molecule has 94 valence electrons. The number of aliphatic hydroxyl groups is 1. The minimum absolute atomic E-state index is 0.0914. The molecule has 0 bridgehead atoms. The summed E-state index contributed by atoms with van der Waals surface area (Å²) in [4.78, 5) is 22.9. The van der Waals surface area contributed by atoms with Gasteiger partial charge in [-0.1, -0.05) is 13.8 Å². The molecule has 0 aliphatic rings. The van der Waals surface area contributed by atoms with Crippen LogP contribution in [0.4, 0.5) is 0 Å². The fourth-order valence-corrected chi connectivity index (χ4v) is 1.63. The Kier molecular flexibility index (Phi) is 6.03. The summed E-state index contributed by atoms with van der Waals surface area (Å²) in [5, 5.41) is 18.1. The van der Waals surface area contributed by atoms with E-state index in [4.69, 9.17) is 9.84 Å². The van der Waals surface area contributed by atoms with Crippen molar-refractivity contribution in [2.24, 2.45) is 11.3 Å². The summed E-state index contributed by atoms with van der Waals surface area (Å²) in [6, 6.07) is 0. The maximum absolute atomic E-state index is 11.7. The van der Waals surface area contributed by atoms with Gasteiger partial charge in [-0.15, -0.1) is 0 Å². The number of carbonyl (C=O) groups excluding carboxylic acids is 1. The summed E-state index contributed by atoms with van der Waals surface area (Å²) in [6.45, 7) is 4.98. The van der Waals surface area contributed by atoms with Gasteiger partial charge in [0.2, 0.25) is 0 Å².